The molecule has 3 rings (SSSR count). The zero-order valence-electron chi connectivity index (χ0n) is 12.6. The summed E-state index contributed by atoms with van der Waals surface area (Å²) in [7, 11) is 0. The first-order chi connectivity index (χ1) is 11.3. The van der Waals surface area contributed by atoms with Crippen LogP contribution in [0.25, 0.3) is 0 Å². The summed E-state index contributed by atoms with van der Waals surface area (Å²) in [6.45, 7) is 0.552. The third-order valence-corrected chi connectivity index (χ3v) is 4.47. The van der Waals surface area contributed by atoms with Gasteiger partial charge in [0.2, 0.25) is 0 Å². The number of carbonyl (C=O) groups is 1. The third-order valence-electron chi connectivity index (χ3n) is 3.56. The highest BCUT2D eigenvalue weighted by Crippen LogP contribution is 2.22. The summed E-state index contributed by atoms with van der Waals surface area (Å²) in [6, 6.07) is 18.0. The Kier molecular flexibility index (Phi) is 5.17. The number of aromatic nitrogens is 1. The lowest BCUT2D eigenvalue weighted by atomic mass is 10.0. The number of hydrogen-bond donors (Lipinski definition) is 0. The number of aldehydes is 1. The van der Waals surface area contributed by atoms with Crippen LogP contribution in [0.2, 0.25) is 0 Å². The van der Waals surface area contributed by atoms with Crippen LogP contribution in [0, 0.1) is 0 Å². The lowest BCUT2D eigenvalue weighted by Gasteiger charge is -2.09. The fraction of sp³-hybridized carbons (Fsp3) is 0.158. The van der Waals surface area contributed by atoms with Crippen molar-refractivity contribution < 1.29 is 9.53 Å². The van der Waals surface area contributed by atoms with Crippen LogP contribution >= 0.6 is 11.3 Å². The van der Waals surface area contributed by atoms with Gasteiger partial charge in [-0.1, -0.05) is 42.5 Å². The van der Waals surface area contributed by atoms with E-state index in [4.69, 9.17) is 4.74 Å². The molecule has 1 atom stereocenters. The minimum absolute atomic E-state index is 0.175. The van der Waals surface area contributed by atoms with Gasteiger partial charge < -0.3 is 9.53 Å². The largest absolute Gasteiger partial charge is 0.489 e. The van der Waals surface area contributed by atoms with Crippen LogP contribution in [0.5, 0.6) is 5.75 Å². The van der Waals surface area contributed by atoms with Gasteiger partial charge in [0.1, 0.15) is 23.7 Å². The number of ether oxygens (including phenoxy) is 1. The van der Waals surface area contributed by atoms with E-state index in [2.05, 4.69) is 4.98 Å². The van der Waals surface area contributed by atoms with E-state index in [1.807, 2.05) is 60.0 Å². The molecule has 23 heavy (non-hydrogen) atoms. The first-order valence-corrected chi connectivity index (χ1v) is 8.33. The van der Waals surface area contributed by atoms with Crippen molar-refractivity contribution in [3.05, 3.63) is 82.3 Å². The monoisotopic (exact) mass is 323 g/mol. The molecule has 0 aliphatic carbocycles. The standard InChI is InChI=1S/C19H17NO2S/c21-13-17(19-20-10-11-23-19)12-15-6-8-18(9-7-15)22-14-16-4-2-1-3-5-16/h1-11,13,17H,12,14H2. The Hall–Kier alpha value is -2.46. The lowest BCUT2D eigenvalue weighted by molar-refractivity contribution is -0.109. The summed E-state index contributed by atoms with van der Waals surface area (Å²) in [5.74, 6) is 0.653. The molecule has 1 unspecified atom stereocenters. The van der Waals surface area contributed by atoms with Crippen LogP contribution in [0.4, 0.5) is 0 Å². The van der Waals surface area contributed by atoms with Crippen LogP contribution < -0.4 is 4.74 Å². The molecule has 0 aliphatic heterocycles. The highest BCUT2D eigenvalue weighted by Gasteiger charge is 2.13. The molecule has 4 heteroatoms. The van der Waals surface area contributed by atoms with Gasteiger partial charge in [0.05, 0.1) is 5.92 Å². The number of carbonyl (C=O) groups excluding carboxylic acids is 1. The molecule has 0 amide bonds. The Labute approximate surface area is 139 Å². The summed E-state index contributed by atoms with van der Waals surface area (Å²) in [5, 5.41) is 2.76. The van der Waals surface area contributed by atoms with Crippen molar-refractivity contribution in [2.75, 3.05) is 0 Å². The molecular formula is C19H17NO2S. The molecule has 3 aromatic rings. The Bertz CT molecular complexity index is 724. The predicted molar refractivity (Wildman–Crippen MR) is 91.8 cm³/mol. The summed E-state index contributed by atoms with van der Waals surface area (Å²) < 4.78 is 5.77. The average molecular weight is 323 g/mol. The second kappa shape index (κ2) is 7.70. The highest BCUT2D eigenvalue weighted by atomic mass is 32.1. The number of benzene rings is 2. The van der Waals surface area contributed by atoms with Crippen molar-refractivity contribution in [1.82, 2.24) is 4.98 Å². The lowest BCUT2D eigenvalue weighted by Crippen LogP contribution is -2.04. The normalized spacial score (nSPS) is 11.8. The van der Waals surface area contributed by atoms with Crippen molar-refractivity contribution >= 4 is 17.6 Å². The average Bonchev–Trinajstić information content (AvgIpc) is 3.14. The molecule has 2 aromatic carbocycles. The first-order valence-electron chi connectivity index (χ1n) is 7.45. The summed E-state index contributed by atoms with van der Waals surface area (Å²) >= 11 is 1.52. The smallest absolute Gasteiger partial charge is 0.130 e. The van der Waals surface area contributed by atoms with Crippen molar-refractivity contribution in [3.8, 4) is 5.75 Å². The zero-order valence-corrected chi connectivity index (χ0v) is 13.4. The molecule has 0 spiro atoms. The van der Waals surface area contributed by atoms with Crippen molar-refractivity contribution in [1.29, 1.82) is 0 Å². The quantitative estimate of drug-likeness (QED) is 0.610. The Balaban J connectivity index is 1.59. The molecule has 1 aromatic heterocycles. The van der Waals surface area contributed by atoms with Crippen LogP contribution in [0.3, 0.4) is 0 Å². The molecule has 0 aliphatic rings. The molecule has 116 valence electrons. The topological polar surface area (TPSA) is 39.2 Å². The fourth-order valence-corrected chi connectivity index (χ4v) is 3.02. The van der Waals surface area contributed by atoms with Gasteiger partial charge in [0, 0.05) is 11.6 Å². The molecule has 0 saturated carbocycles. The van der Waals surface area contributed by atoms with Gasteiger partial charge in [-0.15, -0.1) is 11.3 Å². The number of rotatable bonds is 7. The maximum atomic E-state index is 11.3. The van der Waals surface area contributed by atoms with Gasteiger partial charge in [-0.3, -0.25) is 0 Å². The van der Waals surface area contributed by atoms with Crippen molar-refractivity contribution in [3.63, 3.8) is 0 Å². The second-order valence-corrected chi connectivity index (χ2v) is 6.16. The molecule has 0 bridgehead atoms. The summed E-state index contributed by atoms with van der Waals surface area (Å²) in [4.78, 5) is 15.5. The van der Waals surface area contributed by atoms with Crippen LogP contribution in [0.15, 0.2) is 66.2 Å². The molecular weight excluding hydrogens is 306 g/mol. The third kappa shape index (κ3) is 4.27. The maximum Gasteiger partial charge on any atom is 0.130 e. The number of thiazole rings is 1. The molecule has 3 nitrogen and oxygen atoms in total. The van der Waals surface area contributed by atoms with E-state index >= 15 is 0 Å². The van der Waals surface area contributed by atoms with E-state index in [1.165, 1.54) is 11.3 Å². The summed E-state index contributed by atoms with van der Waals surface area (Å²) in [6.07, 6.45) is 3.37. The SMILES string of the molecule is O=CC(Cc1ccc(OCc2ccccc2)cc1)c1nccs1. The van der Waals surface area contributed by atoms with Gasteiger partial charge in [-0.2, -0.15) is 0 Å². The Morgan fingerprint density at radius 1 is 1.04 bits per heavy atom. The minimum atomic E-state index is -0.175. The van der Waals surface area contributed by atoms with Gasteiger partial charge in [-0.25, -0.2) is 4.98 Å². The number of nitrogens with zero attached hydrogens (tertiary/aromatic N) is 1. The Morgan fingerprint density at radius 3 is 2.48 bits per heavy atom. The fourth-order valence-electron chi connectivity index (χ4n) is 2.33. The van der Waals surface area contributed by atoms with Gasteiger partial charge in [0.15, 0.2) is 0 Å². The van der Waals surface area contributed by atoms with Crippen LogP contribution in [-0.2, 0) is 17.8 Å². The van der Waals surface area contributed by atoms with E-state index in [-0.39, 0.29) is 5.92 Å². The first kappa shape index (κ1) is 15.4. The van der Waals surface area contributed by atoms with E-state index in [0.717, 1.165) is 28.2 Å². The highest BCUT2D eigenvalue weighted by molar-refractivity contribution is 7.09. The molecule has 0 N–H and O–H groups in total. The molecule has 0 saturated heterocycles. The molecule has 1 heterocycles. The van der Waals surface area contributed by atoms with Crippen LogP contribution in [-0.4, -0.2) is 11.3 Å². The molecule has 0 radical (unpaired) electrons. The van der Waals surface area contributed by atoms with Gasteiger partial charge >= 0.3 is 0 Å². The van der Waals surface area contributed by atoms with Crippen molar-refractivity contribution in [2.24, 2.45) is 0 Å². The van der Waals surface area contributed by atoms with Gasteiger partial charge in [-0.05, 0) is 29.7 Å². The van der Waals surface area contributed by atoms with E-state index in [9.17, 15) is 4.79 Å². The second-order valence-electron chi connectivity index (χ2n) is 5.24. The number of hydrogen-bond acceptors (Lipinski definition) is 4. The van der Waals surface area contributed by atoms with Gasteiger partial charge in [0.25, 0.3) is 0 Å². The van der Waals surface area contributed by atoms with Crippen LogP contribution in [0.1, 0.15) is 22.1 Å². The Morgan fingerprint density at radius 2 is 1.83 bits per heavy atom. The zero-order chi connectivity index (χ0) is 15.9. The summed E-state index contributed by atoms with van der Waals surface area (Å²) in [5.41, 5.74) is 2.24. The maximum absolute atomic E-state index is 11.3. The van der Waals surface area contributed by atoms with E-state index < -0.39 is 0 Å². The van der Waals surface area contributed by atoms with Crippen molar-refractivity contribution in [2.45, 2.75) is 18.9 Å². The van der Waals surface area contributed by atoms with E-state index in [0.29, 0.717) is 13.0 Å². The molecule has 0 fully saturated rings. The minimum Gasteiger partial charge on any atom is -0.489 e. The predicted octanol–water partition coefficient (Wildman–Crippen LogP) is 4.25. The van der Waals surface area contributed by atoms with E-state index in [1.54, 1.807) is 6.20 Å².